The van der Waals surface area contributed by atoms with Gasteiger partial charge >= 0.3 is 7.82 Å². The van der Waals surface area contributed by atoms with E-state index in [0.717, 1.165) is 38.5 Å². The van der Waals surface area contributed by atoms with Crippen molar-refractivity contribution in [1.29, 1.82) is 5.41 Å². The first kappa shape index (κ1) is 27.5. The summed E-state index contributed by atoms with van der Waals surface area (Å²) in [4.78, 5) is 31.0. The van der Waals surface area contributed by atoms with Crippen LogP contribution in [0.5, 0.6) is 0 Å². The van der Waals surface area contributed by atoms with E-state index in [2.05, 4.69) is 4.52 Å². The fraction of sp³-hybridized carbons (Fsp3) is 0.826. The maximum absolute atomic E-state index is 12.9. The number of fused-ring (bicyclic) bond motifs is 3. The van der Waals surface area contributed by atoms with E-state index >= 15 is 0 Å². The predicted molar refractivity (Wildman–Crippen MR) is 125 cm³/mol. The number of nitrogens with one attached hydrogen (secondary N) is 1. The van der Waals surface area contributed by atoms with Crippen LogP contribution < -0.4 is 5.73 Å². The topological polar surface area (TPSA) is 183 Å². The third-order valence-corrected chi connectivity index (χ3v) is 8.34. The number of ether oxygens (including phenoxy) is 1. The summed E-state index contributed by atoms with van der Waals surface area (Å²) in [5.41, 5.74) is 5.07. The monoisotopic (exact) mass is 502 g/mol. The fourth-order valence-electron chi connectivity index (χ4n) is 5.99. The average molecular weight is 503 g/mol. The molecule has 3 aliphatic rings. The number of hydrogen-bond donors (Lipinski definition) is 6. The largest absolute Gasteiger partial charge is 0.469 e. The third kappa shape index (κ3) is 6.97. The first-order valence-corrected chi connectivity index (χ1v) is 13.8. The lowest BCUT2D eigenvalue weighted by Gasteiger charge is -2.42. The van der Waals surface area contributed by atoms with E-state index in [0.29, 0.717) is 32.1 Å². The minimum atomic E-state index is -4.77. The van der Waals surface area contributed by atoms with Crippen LogP contribution in [-0.2, 0) is 18.6 Å². The summed E-state index contributed by atoms with van der Waals surface area (Å²) in [6, 6.07) is 0. The highest BCUT2D eigenvalue weighted by molar-refractivity contribution is 7.46. The van der Waals surface area contributed by atoms with Crippen LogP contribution in [-0.4, -0.2) is 62.6 Å². The van der Waals surface area contributed by atoms with E-state index in [-0.39, 0.29) is 23.5 Å². The third-order valence-electron chi connectivity index (χ3n) is 7.85. The van der Waals surface area contributed by atoms with Crippen LogP contribution in [0.2, 0.25) is 0 Å². The second-order valence-corrected chi connectivity index (χ2v) is 11.3. The number of Topliss-reactive ketones (excluding diaryl/α,β-unsaturated/α-hetero) is 1. The highest BCUT2D eigenvalue weighted by Crippen LogP contribution is 2.50. The van der Waals surface area contributed by atoms with Gasteiger partial charge < -0.3 is 30.5 Å². The maximum Gasteiger partial charge on any atom is 0.469 e. The molecule has 2 aliphatic carbocycles. The molecule has 0 aromatic heterocycles. The van der Waals surface area contributed by atoms with E-state index in [9.17, 15) is 19.6 Å². The molecule has 0 aromatic rings. The molecule has 3 rings (SSSR count). The molecular formula is C23H39N2O8P. The number of ketones is 1. The van der Waals surface area contributed by atoms with Gasteiger partial charge in [-0.05, 0) is 49.5 Å². The van der Waals surface area contributed by atoms with E-state index in [1.807, 2.05) is 6.08 Å². The molecule has 0 amide bonds. The number of hydrogen-bond acceptors (Lipinski definition) is 7. The zero-order valence-corrected chi connectivity index (χ0v) is 20.4. The number of allylic oxidation sites excluding steroid dienone is 1. The quantitative estimate of drug-likeness (QED) is 0.180. The smallest absolute Gasteiger partial charge is 0.388 e. The SMILES string of the molecule is N=C(N)/C=C\C12CCC(=O)C(CCCCCCCC1C1OC(COP(=O)(O)O)C(O)C1O)CC2. The molecule has 11 heteroatoms. The number of phosphoric acid groups is 1. The van der Waals surface area contributed by atoms with Crippen molar-refractivity contribution >= 4 is 19.4 Å². The molecule has 3 fully saturated rings. The molecular weight excluding hydrogens is 463 g/mol. The van der Waals surface area contributed by atoms with Crippen LogP contribution >= 0.6 is 7.82 Å². The summed E-state index contributed by atoms with van der Waals surface area (Å²) in [7, 11) is -4.77. The van der Waals surface area contributed by atoms with Crippen LogP contribution in [0.25, 0.3) is 0 Å². The molecule has 194 valence electrons. The zero-order chi connectivity index (χ0) is 24.9. The van der Waals surface area contributed by atoms with Gasteiger partial charge in [-0.2, -0.15) is 0 Å². The fourth-order valence-corrected chi connectivity index (χ4v) is 6.33. The molecule has 1 heterocycles. The van der Waals surface area contributed by atoms with Gasteiger partial charge in [0.1, 0.15) is 29.9 Å². The number of carbonyl (C=O) groups excluding carboxylic acids is 1. The number of phosphoric ester groups is 1. The Hall–Kier alpha value is -1.13. The lowest BCUT2D eigenvalue weighted by atomic mass is 9.64. The van der Waals surface area contributed by atoms with E-state index < -0.39 is 44.3 Å². The van der Waals surface area contributed by atoms with Crippen LogP contribution in [0, 0.1) is 22.7 Å². The standard InChI is InChI=1S/C23H39N2O8P/c24-19(25)10-13-23-11-8-15(17(26)9-12-23)6-4-2-1-3-5-7-16(23)22-21(28)20(27)18(33-22)14-32-34(29,30)31/h10,13,15-16,18,20-22,27-28H,1-9,11-12,14H2,(H3,24,25)(H2,29,30,31)/b13-10-. The Bertz CT molecular complexity index is 802. The number of amidine groups is 1. The Kier molecular flexibility index (Phi) is 9.48. The van der Waals surface area contributed by atoms with Gasteiger partial charge in [0.15, 0.2) is 0 Å². The summed E-state index contributed by atoms with van der Waals surface area (Å²) in [6.07, 6.45) is 7.77. The Morgan fingerprint density at radius 1 is 1.12 bits per heavy atom. The number of aliphatic hydroxyl groups excluding tert-OH is 2. The average Bonchev–Trinajstić information content (AvgIpc) is 2.94. The van der Waals surface area contributed by atoms with Crippen molar-refractivity contribution in [2.75, 3.05) is 6.61 Å². The van der Waals surface area contributed by atoms with E-state index in [1.54, 1.807) is 0 Å². The zero-order valence-electron chi connectivity index (χ0n) is 19.6. The normalized spacial score (nSPS) is 38.4. The second-order valence-electron chi connectivity index (χ2n) is 10.1. The number of aliphatic hydroxyl groups is 2. The lowest BCUT2D eigenvalue weighted by molar-refractivity contribution is -0.123. The van der Waals surface area contributed by atoms with Crippen molar-refractivity contribution in [3.63, 3.8) is 0 Å². The first-order valence-electron chi connectivity index (χ1n) is 12.3. The maximum atomic E-state index is 12.9. The predicted octanol–water partition coefficient (Wildman–Crippen LogP) is 2.18. The molecule has 0 radical (unpaired) electrons. The lowest BCUT2D eigenvalue weighted by Crippen LogP contribution is -2.44. The first-order chi connectivity index (χ1) is 16.0. The highest BCUT2D eigenvalue weighted by atomic mass is 31.2. The molecule has 2 bridgehead atoms. The number of nitrogens with two attached hydrogens (primary N) is 1. The number of rotatable bonds is 6. The summed E-state index contributed by atoms with van der Waals surface area (Å²) >= 11 is 0. The van der Waals surface area contributed by atoms with Crippen molar-refractivity contribution in [2.24, 2.45) is 23.0 Å². The van der Waals surface area contributed by atoms with E-state index in [4.69, 9.17) is 25.7 Å². The van der Waals surface area contributed by atoms with Crippen molar-refractivity contribution in [3.05, 3.63) is 12.2 Å². The van der Waals surface area contributed by atoms with Crippen molar-refractivity contribution < 1.29 is 38.6 Å². The molecule has 7 atom stereocenters. The van der Waals surface area contributed by atoms with E-state index in [1.165, 1.54) is 6.08 Å². The molecule has 0 spiro atoms. The molecule has 34 heavy (non-hydrogen) atoms. The van der Waals surface area contributed by atoms with Gasteiger partial charge in [0.05, 0.1) is 12.7 Å². The summed E-state index contributed by atoms with van der Waals surface area (Å²) in [5, 5.41) is 29.3. The minimum absolute atomic E-state index is 0.00269. The van der Waals surface area contributed by atoms with Crippen LogP contribution in [0.15, 0.2) is 12.2 Å². The molecule has 7 unspecified atom stereocenters. The van der Waals surface area contributed by atoms with Gasteiger partial charge in [0.25, 0.3) is 0 Å². The molecule has 2 saturated carbocycles. The second kappa shape index (κ2) is 11.7. The Labute approximate surface area is 200 Å². The van der Waals surface area contributed by atoms with Gasteiger partial charge in [-0.1, -0.05) is 38.2 Å². The summed E-state index contributed by atoms with van der Waals surface area (Å²) in [6.45, 7) is -0.553. The minimum Gasteiger partial charge on any atom is -0.388 e. The van der Waals surface area contributed by atoms with Gasteiger partial charge in [0, 0.05) is 12.3 Å². The number of carbonyl (C=O) groups is 1. The van der Waals surface area contributed by atoms with Crippen molar-refractivity contribution in [3.8, 4) is 0 Å². The van der Waals surface area contributed by atoms with Gasteiger partial charge in [-0.3, -0.25) is 14.7 Å². The molecule has 0 aromatic carbocycles. The van der Waals surface area contributed by atoms with Crippen LogP contribution in [0.1, 0.15) is 70.6 Å². The van der Waals surface area contributed by atoms with Gasteiger partial charge in [-0.15, -0.1) is 0 Å². The summed E-state index contributed by atoms with van der Waals surface area (Å²) < 4.78 is 21.7. The Morgan fingerprint density at radius 3 is 2.47 bits per heavy atom. The van der Waals surface area contributed by atoms with Gasteiger partial charge in [0.2, 0.25) is 0 Å². The molecule has 7 N–H and O–H groups in total. The summed E-state index contributed by atoms with van der Waals surface area (Å²) in [5.74, 6) is -0.139. The highest BCUT2D eigenvalue weighted by Gasteiger charge is 2.52. The van der Waals surface area contributed by atoms with Crippen LogP contribution in [0.4, 0.5) is 0 Å². The van der Waals surface area contributed by atoms with Crippen LogP contribution in [0.3, 0.4) is 0 Å². The molecule has 1 saturated heterocycles. The van der Waals surface area contributed by atoms with Gasteiger partial charge in [-0.25, -0.2) is 4.57 Å². The Balaban J connectivity index is 1.94. The van der Waals surface area contributed by atoms with Crippen molar-refractivity contribution in [2.45, 2.75) is 95.0 Å². The Morgan fingerprint density at radius 2 is 1.79 bits per heavy atom. The molecule has 1 aliphatic heterocycles. The van der Waals surface area contributed by atoms with Crippen molar-refractivity contribution in [1.82, 2.24) is 0 Å². The molecule has 10 nitrogen and oxygen atoms in total.